The highest BCUT2D eigenvalue weighted by molar-refractivity contribution is 9.10. The Labute approximate surface area is 165 Å². The number of halogens is 1. The molecule has 140 valence electrons. The predicted octanol–water partition coefficient (Wildman–Crippen LogP) is 2.94. The molecule has 27 heavy (non-hydrogen) atoms. The van der Waals surface area contributed by atoms with Crippen LogP contribution in [0.5, 0.6) is 11.5 Å². The van der Waals surface area contributed by atoms with E-state index in [2.05, 4.69) is 33.2 Å². The number of aromatic hydroxyl groups is 1. The summed E-state index contributed by atoms with van der Waals surface area (Å²) in [5.41, 5.74) is 0.627. The van der Waals surface area contributed by atoms with Crippen molar-refractivity contribution in [2.75, 3.05) is 6.61 Å². The van der Waals surface area contributed by atoms with Crippen LogP contribution in [-0.4, -0.2) is 34.8 Å². The monoisotopic (exact) mass is 430 g/mol. The molecule has 0 spiro atoms. The summed E-state index contributed by atoms with van der Waals surface area (Å²) in [6, 6.07) is 3.30. The smallest absolute Gasteiger partial charge is 0.254 e. The van der Waals surface area contributed by atoms with Gasteiger partial charge in [-0.25, -0.2) is 0 Å². The number of phenols is 1. The second kappa shape index (κ2) is 5.92. The first-order valence-electron chi connectivity index (χ1n) is 9.26. The maximum Gasteiger partial charge on any atom is 0.254 e. The fourth-order valence-electron chi connectivity index (χ4n) is 5.11. The summed E-state index contributed by atoms with van der Waals surface area (Å²) in [5.74, 6) is 0.981. The molecule has 0 unspecified atom stereocenters. The molecule has 6 atom stereocenters. The summed E-state index contributed by atoms with van der Waals surface area (Å²) in [5, 5.41) is 15.3. The van der Waals surface area contributed by atoms with Crippen molar-refractivity contribution >= 4 is 34.0 Å². The molecule has 2 amide bonds. The van der Waals surface area contributed by atoms with Crippen molar-refractivity contribution in [2.45, 2.75) is 13.3 Å². The molecule has 5 aliphatic rings. The lowest BCUT2D eigenvalue weighted by atomic mass is 9.63. The van der Waals surface area contributed by atoms with E-state index in [1.54, 1.807) is 12.1 Å². The van der Waals surface area contributed by atoms with Crippen LogP contribution in [-0.2, 0) is 9.59 Å². The summed E-state index contributed by atoms with van der Waals surface area (Å²) < 4.78 is 5.87. The van der Waals surface area contributed by atoms with Gasteiger partial charge in [-0.1, -0.05) is 12.2 Å². The van der Waals surface area contributed by atoms with Crippen LogP contribution in [0.3, 0.4) is 0 Å². The Morgan fingerprint density at radius 2 is 1.85 bits per heavy atom. The van der Waals surface area contributed by atoms with Crippen molar-refractivity contribution in [1.82, 2.24) is 5.01 Å². The van der Waals surface area contributed by atoms with Gasteiger partial charge in [-0.15, -0.1) is 0 Å². The number of hydrazone groups is 1. The highest BCUT2D eigenvalue weighted by Gasteiger charge is 2.67. The number of amides is 2. The van der Waals surface area contributed by atoms with Gasteiger partial charge in [0.15, 0.2) is 11.5 Å². The molecule has 2 bridgehead atoms. The summed E-state index contributed by atoms with van der Waals surface area (Å²) in [7, 11) is 0. The molecule has 1 aromatic rings. The Bertz CT molecular complexity index is 875. The maximum absolute atomic E-state index is 12.9. The molecule has 4 aliphatic carbocycles. The Kier molecular flexibility index (Phi) is 3.73. The second-order valence-corrected chi connectivity index (χ2v) is 8.52. The molecule has 1 aromatic carbocycles. The number of nitrogens with zero attached hydrogens (tertiary/aromatic N) is 2. The summed E-state index contributed by atoms with van der Waals surface area (Å²) >= 11 is 3.28. The van der Waals surface area contributed by atoms with Crippen LogP contribution in [0, 0.1) is 35.5 Å². The zero-order chi connectivity index (χ0) is 18.9. The SMILES string of the molecule is CCOc1cc(C=NN2C(=O)[C@@H]3[C@H]4C=C[C@@H]([C@@H]5C[C@H]45)[C@@H]3C2=O)cc(Br)c1O. The van der Waals surface area contributed by atoms with Gasteiger partial charge < -0.3 is 9.84 Å². The first kappa shape index (κ1) is 17.0. The first-order valence-corrected chi connectivity index (χ1v) is 10.1. The van der Waals surface area contributed by atoms with E-state index >= 15 is 0 Å². The van der Waals surface area contributed by atoms with Crippen LogP contribution in [0.15, 0.2) is 33.9 Å². The second-order valence-electron chi connectivity index (χ2n) is 7.67. The van der Waals surface area contributed by atoms with Gasteiger partial charge in [0.05, 0.1) is 29.1 Å². The normalized spacial score (nSPS) is 35.7. The molecule has 0 radical (unpaired) electrons. The van der Waals surface area contributed by atoms with Gasteiger partial charge in [-0.05, 0) is 70.6 Å². The number of carbonyl (C=O) groups is 2. The van der Waals surface area contributed by atoms with Crippen LogP contribution in [0.25, 0.3) is 0 Å². The summed E-state index contributed by atoms with van der Waals surface area (Å²) in [4.78, 5) is 25.8. The number of imide groups is 1. The molecule has 7 heteroatoms. The molecule has 1 saturated heterocycles. The number of phenolic OH excluding ortho intramolecular Hbond substituents is 1. The third-order valence-electron chi connectivity index (χ3n) is 6.31. The van der Waals surface area contributed by atoms with E-state index in [-0.39, 0.29) is 41.2 Å². The van der Waals surface area contributed by atoms with Gasteiger partial charge in [0.2, 0.25) is 0 Å². The van der Waals surface area contributed by atoms with Crippen LogP contribution >= 0.6 is 15.9 Å². The minimum Gasteiger partial charge on any atom is -0.503 e. The van der Waals surface area contributed by atoms with Gasteiger partial charge in [0.1, 0.15) is 0 Å². The summed E-state index contributed by atoms with van der Waals surface area (Å²) in [6.07, 6.45) is 6.89. The van der Waals surface area contributed by atoms with Crippen molar-refractivity contribution in [1.29, 1.82) is 0 Å². The van der Waals surface area contributed by atoms with E-state index < -0.39 is 0 Å². The molecular weight excluding hydrogens is 412 g/mol. The number of rotatable bonds is 4. The molecule has 1 heterocycles. The Balaban J connectivity index is 1.42. The van der Waals surface area contributed by atoms with Crippen molar-refractivity contribution < 1.29 is 19.4 Å². The molecule has 6 rings (SSSR count). The van der Waals surface area contributed by atoms with E-state index in [1.807, 2.05) is 6.92 Å². The predicted molar refractivity (Wildman–Crippen MR) is 101 cm³/mol. The number of hydrogen-bond donors (Lipinski definition) is 1. The van der Waals surface area contributed by atoms with E-state index in [0.29, 0.717) is 34.2 Å². The third-order valence-corrected chi connectivity index (χ3v) is 6.92. The van der Waals surface area contributed by atoms with Gasteiger partial charge in [-0.2, -0.15) is 10.1 Å². The van der Waals surface area contributed by atoms with Crippen molar-refractivity contribution in [3.63, 3.8) is 0 Å². The average molecular weight is 431 g/mol. The van der Waals surface area contributed by atoms with Gasteiger partial charge >= 0.3 is 0 Å². The number of benzene rings is 1. The van der Waals surface area contributed by atoms with Crippen LogP contribution in [0.4, 0.5) is 0 Å². The first-order chi connectivity index (χ1) is 13.0. The fourth-order valence-corrected chi connectivity index (χ4v) is 5.57. The molecule has 1 N–H and O–H groups in total. The topological polar surface area (TPSA) is 79.2 Å². The Morgan fingerprint density at radius 1 is 1.22 bits per heavy atom. The van der Waals surface area contributed by atoms with Gasteiger partial charge in [-0.3, -0.25) is 9.59 Å². The molecular formula is C20H19BrN2O4. The lowest BCUT2D eigenvalue weighted by Crippen LogP contribution is -2.40. The van der Waals surface area contributed by atoms with E-state index in [1.165, 1.54) is 6.21 Å². The van der Waals surface area contributed by atoms with Crippen LogP contribution in [0.1, 0.15) is 18.9 Å². The molecule has 2 saturated carbocycles. The van der Waals surface area contributed by atoms with E-state index in [0.717, 1.165) is 11.4 Å². The van der Waals surface area contributed by atoms with Crippen LogP contribution < -0.4 is 4.74 Å². The highest BCUT2D eigenvalue weighted by atomic mass is 79.9. The summed E-state index contributed by atoms with van der Waals surface area (Å²) in [6.45, 7) is 2.23. The Hall–Kier alpha value is -2.15. The van der Waals surface area contributed by atoms with E-state index in [9.17, 15) is 14.7 Å². The van der Waals surface area contributed by atoms with Crippen molar-refractivity contribution in [3.05, 3.63) is 34.3 Å². The van der Waals surface area contributed by atoms with E-state index in [4.69, 9.17) is 4.74 Å². The molecule has 6 nitrogen and oxygen atoms in total. The molecule has 0 aromatic heterocycles. The molecule has 1 aliphatic heterocycles. The minimum absolute atomic E-state index is 0.00946. The minimum atomic E-state index is -0.251. The Morgan fingerprint density at radius 3 is 2.44 bits per heavy atom. The number of carbonyl (C=O) groups excluding carboxylic acids is 2. The maximum atomic E-state index is 12.9. The average Bonchev–Trinajstić information content (AvgIpc) is 3.43. The lowest BCUT2D eigenvalue weighted by Gasteiger charge is -2.37. The lowest BCUT2D eigenvalue weighted by molar-refractivity contribution is -0.140. The zero-order valence-electron chi connectivity index (χ0n) is 14.7. The standard InChI is InChI=1S/C20H19BrN2O4/c1-2-27-15-6-9(5-14(21)18(15)24)8-22-23-19(25)16-10-3-4-11(13-7-12(10)13)17(16)20(23)26/h3-6,8,10-13,16-17,24H,2,7H2,1H3/t10-,11-,12-,13+,16-,17+/m0/s1. The van der Waals surface area contributed by atoms with Crippen molar-refractivity contribution in [3.8, 4) is 11.5 Å². The van der Waals surface area contributed by atoms with Gasteiger partial charge in [0.25, 0.3) is 11.8 Å². The molecule has 3 fully saturated rings. The quantitative estimate of drug-likeness (QED) is 0.452. The van der Waals surface area contributed by atoms with Crippen molar-refractivity contribution in [2.24, 2.45) is 40.6 Å². The highest BCUT2D eigenvalue weighted by Crippen LogP contribution is 2.65. The number of ether oxygens (including phenoxy) is 1. The fraction of sp³-hybridized carbons (Fsp3) is 0.450. The largest absolute Gasteiger partial charge is 0.503 e. The zero-order valence-corrected chi connectivity index (χ0v) is 16.3. The number of allylic oxidation sites excluding steroid dienone is 2. The number of hydrogen-bond acceptors (Lipinski definition) is 5. The van der Waals surface area contributed by atoms with Crippen LogP contribution in [0.2, 0.25) is 0 Å². The van der Waals surface area contributed by atoms with Gasteiger partial charge in [0, 0.05) is 0 Å². The third kappa shape index (κ3) is 2.40.